The van der Waals surface area contributed by atoms with Crippen molar-refractivity contribution >= 4 is 57.3 Å². The summed E-state index contributed by atoms with van der Waals surface area (Å²) in [7, 11) is 1.60. The van der Waals surface area contributed by atoms with E-state index >= 15 is 0 Å². The van der Waals surface area contributed by atoms with E-state index in [-0.39, 0.29) is 5.91 Å². The Bertz CT molecular complexity index is 697. The van der Waals surface area contributed by atoms with Crippen LogP contribution in [0.15, 0.2) is 23.3 Å². The summed E-state index contributed by atoms with van der Waals surface area (Å²) in [5.74, 6) is 0.361. The lowest BCUT2D eigenvalue weighted by Gasteiger charge is -2.07. The number of hydrazone groups is 1. The molecule has 0 fully saturated rings. The number of ether oxygens (including phenoxy) is 1. The minimum Gasteiger partial charge on any atom is -0.495 e. The van der Waals surface area contributed by atoms with Gasteiger partial charge < -0.3 is 4.74 Å². The number of aromatic nitrogens is 2. The molecule has 1 amide bonds. The van der Waals surface area contributed by atoms with E-state index in [2.05, 4.69) is 65.9 Å². The number of nitrogens with one attached hydrogen (secondary N) is 2. The van der Waals surface area contributed by atoms with Crippen LogP contribution in [-0.2, 0) is 0 Å². The maximum atomic E-state index is 11.8. The summed E-state index contributed by atoms with van der Waals surface area (Å²) in [6, 6.07) is 5.58. The number of nitrogens with zero attached hydrogens (tertiary/aromatic N) is 2. The van der Waals surface area contributed by atoms with Crippen LogP contribution in [0.5, 0.6) is 5.75 Å². The van der Waals surface area contributed by atoms with Crippen LogP contribution in [0.1, 0.15) is 21.7 Å². The van der Waals surface area contributed by atoms with E-state index in [1.165, 1.54) is 0 Å². The molecule has 0 bridgehead atoms. The summed E-state index contributed by atoms with van der Waals surface area (Å²) < 4.78 is 7.39. The first-order chi connectivity index (χ1) is 10.0. The van der Waals surface area contributed by atoms with E-state index in [4.69, 9.17) is 4.74 Å². The predicted molar refractivity (Wildman–Crippen MR) is 96.8 cm³/mol. The van der Waals surface area contributed by atoms with Crippen molar-refractivity contribution in [2.45, 2.75) is 6.92 Å². The zero-order valence-corrected chi connectivity index (χ0v) is 15.6. The molecule has 0 aliphatic carbocycles. The number of carbonyl (C=O) groups excluding carboxylic acids is 1. The highest BCUT2D eigenvalue weighted by molar-refractivity contribution is 14.1. The van der Waals surface area contributed by atoms with Crippen molar-refractivity contribution in [3.8, 4) is 5.75 Å². The summed E-state index contributed by atoms with van der Waals surface area (Å²) in [5, 5.41) is 10.5. The zero-order valence-electron chi connectivity index (χ0n) is 11.3. The molecule has 1 aromatic carbocycles. The number of H-pyrrole nitrogens is 1. The highest BCUT2D eigenvalue weighted by Gasteiger charge is 2.09. The van der Waals surface area contributed by atoms with Crippen molar-refractivity contribution < 1.29 is 9.53 Å². The minimum atomic E-state index is -0.366. The number of halogens is 2. The summed E-state index contributed by atoms with van der Waals surface area (Å²) in [6.07, 6.45) is 1.56. The summed E-state index contributed by atoms with van der Waals surface area (Å²) in [5.41, 5.74) is 4.35. The van der Waals surface area contributed by atoms with Gasteiger partial charge in [0, 0.05) is 14.8 Å². The second-order valence-electron chi connectivity index (χ2n) is 4.15. The molecule has 8 heteroatoms. The Morgan fingerprint density at radius 3 is 2.81 bits per heavy atom. The quantitative estimate of drug-likeness (QED) is 0.378. The molecule has 0 atom stereocenters. The molecule has 2 N–H and O–H groups in total. The van der Waals surface area contributed by atoms with Crippen molar-refractivity contribution in [2.75, 3.05) is 7.11 Å². The van der Waals surface area contributed by atoms with Crippen LogP contribution in [0.3, 0.4) is 0 Å². The fraction of sp³-hybridized carbons (Fsp3) is 0.154. The van der Waals surface area contributed by atoms with E-state index in [1.807, 2.05) is 19.1 Å². The van der Waals surface area contributed by atoms with Crippen LogP contribution in [-0.4, -0.2) is 29.4 Å². The van der Waals surface area contributed by atoms with Crippen LogP contribution in [0.2, 0.25) is 0 Å². The van der Waals surface area contributed by atoms with Gasteiger partial charge in [0.1, 0.15) is 5.75 Å². The van der Waals surface area contributed by atoms with E-state index < -0.39 is 0 Å². The molecule has 1 aromatic heterocycles. The van der Waals surface area contributed by atoms with Crippen LogP contribution >= 0.6 is 45.2 Å². The van der Waals surface area contributed by atoms with Crippen molar-refractivity contribution in [1.29, 1.82) is 0 Å². The van der Waals surface area contributed by atoms with Crippen LogP contribution in [0, 0.1) is 14.1 Å². The zero-order chi connectivity index (χ0) is 15.4. The minimum absolute atomic E-state index is 0.300. The Balaban J connectivity index is 2.13. The molecule has 0 saturated heterocycles. The normalized spacial score (nSPS) is 10.9. The van der Waals surface area contributed by atoms with Crippen molar-refractivity contribution in [3.63, 3.8) is 0 Å². The third-order valence-corrected chi connectivity index (χ3v) is 3.97. The van der Waals surface area contributed by atoms with Crippen molar-refractivity contribution in [2.24, 2.45) is 5.10 Å². The predicted octanol–water partition coefficient (Wildman–Crippen LogP) is 2.70. The second kappa shape index (κ2) is 7.20. The number of carbonyl (C=O) groups is 1. The number of rotatable bonds is 4. The topological polar surface area (TPSA) is 79.4 Å². The number of benzene rings is 1. The highest BCUT2D eigenvalue weighted by Crippen LogP contribution is 2.26. The molecule has 0 aliphatic rings. The average molecular weight is 510 g/mol. The van der Waals surface area contributed by atoms with Crippen LogP contribution < -0.4 is 10.2 Å². The number of hydrogen-bond donors (Lipinski definition) is 2. The summed E-state index contributed by atoms with van der Waals surface area (Å²) in [4.78, 5) is 11.8. The van der Waals surface area contributed by atoms with Crippen molar-refractivity contribution in [3.05, 3.63) is 42.3 Å². The number of aromatic amines is 1. The van der Waals surface area contributed by atoms with Crippen molar-refractivity contribution in [1.82, 2.24) is 15.6 Å². The first-order valence-corrected chi connectivity index (χ1v) is 8.05. The number of methoxy groups -OCH3 is 1. The van der Waals surface area contributed by atoms with Gasteiger partial charge in [0.05, 0.1) is 16.9 Å². The fourth-order valence-corrected chi connectivity index (χ4v) is 3.75. The molecule has 0 spiro atoms. The Hall–Kier alpha value is -1.17. The monoisotopic (exact) mass is 510 g/mol. The molecule has 0 radical (unpaired) electrons. The molecule has 6 nitrogen and oxygen atoms in total. The lowest BCUT2D eigenvalue weighted by Crippen LogP contribution is -2.18. The van der Waals surface area contributed by atoms with Gasteiger partial charge in [-0.05, 0) is 70.3 Å². The third kappa shape index (κ3) is 4.15. The maximum absolute atomic E-state index is 11.8. The average Bonchev–Trinajstić information content (AvgIpc) is 2.85. The molecular weight excluding hydrogens is 498 g/mol. The Labute approximate surface area is 149 Å². The molecule has 2 rings (SSSR count). The lowest BCUT2D eigenvalue weighted by molar-refractivity contribution is 0.0950. The van der Waals surface area contributed by atoms with Gasteiger partial charge in [0.25, 0.3) is 5.91 Å². The molecule has 0 unspecified atom stereocenters. The molecule has 110 valence electrons. The summed E-state index contributed by atoms with van der Waals surface area (Å²) in [6.45, 7) is 1.83. The lowest BCUT2D eigenvalue weighted by atomic mass is 10.2. The molecular formula is C13H12I2N4O2. The Kier molecular flexibility index (Phi) is 5.56. The first-order valence-electron chi connectivity index (χ1n) is 5.89. The summed E-state index contributed by atoms with van der Waals surface area (Å²) >= 11 is 4.41. The standard InChI is InChI=1S/C13H12I2N4O2/c1-7-3-11(18-17-7)13(20)19-16-6-8-4-9(14)5-10(15)12(8)21-2/h3-6H,1-2H3,(H,17,18)(H,19,20)/b16-6-. The molecule has 1 heterocycles. The number of hydrogen-bond acceptors (Lipinski definition) is 4. The highest BCUT2D eigenvalue weighted by atomic mass is 127. The molecule has 21 heavy (non-hydrogen) atoms. The largest absolute Gasteiger partial charge is 0.495 e. The SMILES string of the molecule is COc1c(I)cc(I)cc1/C=N\NC(=O)c1cc(C)[nH]n1. The van der Waals surface area contributed by atoms with E-state index in [0.29, 0.717) is 5.69 Å². The van der Waals surface area contributed by atoms with E-state index in [9.17, 15) is 4.79 Å². The van der Waals surface area contributed by atoms with Gasteiger partial charge in [-0.3, -0.25) is 9.89 Å². The molecule has 0 aliphatic heterocycles. The van der Waals surface area contributed by atoms with Gasteiger partial charge >= 0.3 is 0 Å². The van der Waals surface area contributed by atoms with Gasteiger partial charge in [-0.2, -0.15) is 10.2 Å². The second-order valence-corrected chi connectivity index (χ2v) is 6.55. The van der Waals surface area contributed by atoms with Crippen LogP contribution in [0.25, 0.3) is 0 Å². The van der Waals surface area contributed by atoms with E-state index in [1.54, 1.807) is 19.4 Å². The fourth-order valence-electron chi connectivity index (χ4n) is 1.64. The first kappa shape index (κ1) is 16.2. The van der Waals surface area contributed by atoms with E-state index in [0.717, 1.165) is 24.1 Å². The third-order valence-electron chi connectivity index (χ3n) is 2.55. The van der Waals surface area contributed by atoms with Crippen LogP contribution in [0.4, 0.5) is 0 Å². The number of aryl methyl sites for hydroxylation is 1. The number of amides is 1. The van der Waals surface area contributed by atoms with Gasteiger partial charge in [-0.15, -0.1) is 0 Å². The van der Waals surface area contributed by atoms with Gasteiger partial charge in [0.15, 0.2) is 5.69 Å². The molecule has 2 aromatic rings. The Morgan fingerprint density at radius 2 is 2.19 bits per heavy atom. The Morgan fingerprint density at radius 1 is 1.43 bits per heavy atom. The van der Waals surface area contributed by atoms with Gasteiger partial charge in [0.2, 0.25) is 0 Å². The molecule has 0 saturated carbocycles. The van der Waals surface area contributed by atoms with Gasteiger partial charge in [-0.1, -0.05) is 0 Å². The van der Waals surface area contributed by atoms with Gasteiger partial charge in [-0.25, -0.2) is 5.43 Å². The smallest absolute Gasteiger partial charge is 0.291 e. The maximum Gasteiger partial charge on any atom is 0.291 e.